The van der Waals surface area contributed by atoms with Gasteiger partial charge >= 0.3 is 0 Å². The molecule has 1 aromatic heterocycles. The standard InChI is InChI=1S/C16H15FN2O4S/c1-22-14-8-12(17)16(9-15(14)23-2)24(20,21)19-11-3-4-13-10(7-11)5-6-18-13/h3-9,18-19H,1-2H3. The fraction of sp³-hybridized carbons (Fsp3) is 0.125. The summed E-state index contributed by atoms with van der Waals surface area (Å²) in [6.45, 7) is 0. The lowest BCUT2D eigenvalue weighted by Gasteiger charge is -2.13. The second-order valence-corrected chi connectivity index (χ2v) is 6.67. The largest absolute Gasteiger partial charge is 0.493 e. The second kappa shape index (κ2) is 6.04. The Hall–Kier alpha value is -2.74. The van der Waals surface area contributed by atoms with Crippen molar-refractivity contribution in [2.24, 2.45) is 0 Å². The number of benzene rings is 2. The Bertz CT molecular complexity index is 998. The van der Waals surface area contributed by atoms with E-state index in [1.807, 2.05) is 6.07 Å². The van der Waals surface area contributed by atoms with Gasteiger partial charge in [0.2, 0.25) is 0 Å². The van der Waals surface area contributed by atoms with E-state index in [2.05, 4.69) is 9.71 Å². The van der Waals surface area contributed by atoms with Crippen molar-refractivity contribution in [2.45, 2.75) is 4.90 Å². The number of ether oxygens (including phenoxy) is 2. The van der Waals surface area contributed by atoms with Gasteiger partial charge < -0.3 is 14.5 Å². The van der Waals surface area contributed by atoms with Gasteiger partial charge in [-0.2, -0.15) is 0 Å². The summed E-state index contributed by atoms with van der Waals surface area (Å²) < 4.78 is 51.6. The molecule has 0 radical (unpaired) electrons. The van der Waals surface area contributed by atoms with E-state index < -0.39 is 20.7 Å². The molecule has 0 saturated carbocycles. The summed E-state index contributed by atoms with van der Waals surface area (Å²) in [5.74, 6) is -0.689. The van der Waals surface area contributed by atoms with Crippen molar-refractivity contribution in [3.8, 4) is 11.5 Å². The van der Waals surface area contributed by atoms with Gasteiger partial charge in [0.1, 0.15) is 10.7 Å². The number of nitrogens with one attached hydrogen (secondary N) is 2. The molecule has 0 aliphatic rings. The summed E-state index contributed by atoms with van der Waals surface area (Å²) in [4.78, 5) is 2.49. The van der Waals surface area contributed by atoms with Crippen LogP contribution in [-0.2, 0) is 10.0 Å². The lowest BCUT2D eigenvalue weighted by molar-refractivity contribution is 0.350. The predicted octanol–water partition coefficient (Wildman–Crippen LogP) is 3.13. The van der Waals surface area contributed by atoms with E-state index in [1.54, 1.807) is 24.4 Å². The lowest BCUT2D eigenvalue weighted by Crippen LogP contribution is -2.15. The topological polar surface area (TPSA) is 80.4 Å². The van der Waals surface area contributed by atoms with Gasteiger partial charge in [-0.15, -0.1) is 0 Å². The molecule has 2 N–H and O–H groups in total. The van der Waals surface area contributed by atoms with Crippen molar-refractivity contribution in [3.05, 3.63) is 48.4 Å². The molecule has 8 heteroatoms. The molecule has 3 rings (SSSR count). The van der Waals surface area contributed by atoms with E-state index >= 15 is 0 Å². The number of aromatic amines is 1. The van der Waals surface area contributed by atoms with E-state index in [0.29, 0.717) is 5.69 Å². The average molecular weight is 350 g/mol. The zero-order valence-electron chi connectivity index (χ0n) is 13.0. The molecule has 1 heterocycles. The molecule has 0 spiro atoms. The molecule has 0 fully saturated rings. The highest BCUT2D eigenvalue weighted by Gasteiger charge is 2.23. The number of H-pyrrole nitrogens is 1. The third kappa shape index (κ3) is 2.88. The molecule has 3 aromatic rings. The van der Waals surface area contributed by atoms with Gasteiger partial charge in [-0.05, 0) is 24.3 Å². The number of fused-ring (bicyclic) bond motifs is 1. The van der Waals surface area contributed by atoms with Crippen molar-refractivity contribution in [1.82, 2.24) is 4.98 Å². The summed E-state index contributed by atoms with van der Waals surface area (Å²) >= 11 is 0. The highest BCUT2D eigenvalue weighted by atomic mass is 32.2. The van der Waals surface area contributed by atoms with Crippen LogP contribution in [0.5, 0.6) is 11.5 Å². The third-order valence-electron chi connectivity index (χ3n) is 3.53. The Kier molecular flexibility index (Phi) is 4.06. The van der Waals surface area contributed by atoms with Crippen LogP contribution in [0.25, 0.3) is 10.9 Å². The molecule has 0 saturated heterocycles. The number of rotatable bonds is 5. The van der Waals surface area contributed by atoms with Gasteiger partial charge in [0.05, 0.1) is 14.2 Å². The second-order valence-electron chi connectivity index (χ2n) is 5.02. The molecule has 0 bridgehead atoms. The van der Waals surface area contributed by atoms with Gasteiger partial charge in [-0.3, -0.25) is 4.72 Å². The predicted molar refractivity (Wildman–Crippen MR) is 88.6 cm³/mol. The molecule has 0 aliphatic heterocycles. The van der Waals surface area contributed by atoms with Crippen LogP contribution in [-0.4, -0.2) is 27.6 Å². The summed E-state index contributed by atoms with van der Waals surface area (Å²) in [6, 6.07) is 8.85. The highest BCUT2D eigenvalue weighted by Crippen LogP contribution is 2.32. The molecular formula is C16H15FN2O4S. The van der Waals surface area contributed by atoms with Gasteiger partial charge in [0.15, 0.2) is 11.5 Å². The lowest BCUT2D eigenvalue weighted by atomic mass is 10.2. The van der Waals surface area contributed by atoms with Gasteiger partial charge in [0, 0.05) is 34.9 Å². The van der Waals surface area contributed by atoms with Crippen LogP contribution in [0.1, 0.15) is 0 Å². The molecule has 0 amide bonds. The van der Waals surface area contributed by atoms with Crippen molar-refractivity contribution in [3.63, 3.8) is 0 Å². The van der Waals surface area contributed by atoms with Crippen molar-refractivity contribution >= 4 is 26.6 Å². The van der Waals surface area contributed by atoms with Crippen molar-refractivity contribution in [1.29, 1.82) is 0 Å². The van der Waals surface area contributed by atoms with Crippen LogP contribution < -0.4 is 14.2 Å². The maximum absolute atomic E-state index is 14.2. The maximum atomic E-state index is 14.2. The van der Waals surface area contributed by atoms with Crippen molar-refractivity contribution in [2.75, 3.05) is 18.9 Å². The first-order valence-electron chi connectivity index (χ1n) is 6.96. The number of methoxy groups -OCH3 is 2. The number of hydrogen-bond acceptors (Lipinski definition) is 4. The Morgan fingerprint density at radius 2 is 1.75 bits per heavy atom. The zero-order valence-corrected chi connectivity index (χ0v) is 13.8. The van der Waals surface area contributed by atoms with E-state index in [4.69, 9.17) is 9.47 Å². The average Bonchev–Trinajstić information content (AvgIpc) is 3.01. The Balaban J connectivity index is 2.00. The maximum Gasteiger partial charge on any atom is 0.264 e. The number of sulfonamides is 1. The van der Waals surface area contributed by atoms with E-state index in [-0.39, 0.29) is 11.5 Å². The molecule has 126 valence electrons. The minimum absolute atomic E-state index is 0.114. The fourth-order valence-electron chi connectivity index (χ4n) is 2.37. The number of aromatic nitrogens is 1. The Morgan fingerprint density at radius 3 is 2.46 bits per heavy atom. The number of anilines is 1. The first-order chi connectivity index (χ1) is 11.4. The van der Waals surface area contributed by atoms with Gasteiger partial charge in [0.25, 0.3) is 10.0 Å². The Labute approximate surface area is 138 Å². The van der Waals surface area contributed by atoms with E-state index in [1.165, 1.54) is 14.2 Å². The summed E-state index contributed by atoms with van der Waals surface area (Å²) in [5, 5.41) is 0.836. The normalized spacial score (nSPS) is 11.5. The monoisotopic (exact) mass is 350 g/mol. The van der Waals surface area contributed by atoms with Crippen LogP contribution in [0, 0.1) is 5.82 Å². The smallest absolute Gasteiger partial charge is 0.264 e. The fourth-order valence-corrected chi connectivity index (χ4v) is 3.49. The third-order valence-corrected chi connectivity index (χ3v) is 4.93. The zero-order chi connectivity index (χ0) is 17.3. The van der Waals surface area contributed by atoms with Crippen LogP contribution >= 0.6 is 0 Å². The molecule has 2 aromatic carbocycles. The number of hydrogen-bond donors (Lipinski definition) is 2. The van der Waals surface area contributed by atoms with Crippen LogP contribution in [0.2, 0.25) is 0 Å². The van der Waals surface area contributed by atoms with Crippen LogP contribution in [0.15, 0.2) is 47.5 Å². The first-order valence-corrected chi connectivity index (χ1v) is 8.44. The minimum Gasteiger partial charge on any atom is -0.493 e. The quantitative estimate of drug-likeness (QED) is 0.741. The van der Waals surface area contributed by atoms with Crippen LogP contribution in [0.4, 0.5) is 10.1 Å². The first kappa shape index (κ1) is 16.1. The van der Waals surface area contributed by atoms with Gasteiger partial charge in [-0.1, -0.05) is 0 Å². The summed E-state index contributed by atoms with van der Waals surface area (Å²) in [5.41, 5.74) is 1.20. The molecule has 24 heavy (non-hydrogen) atoms. The molecule has 0 atom stereocenters. The summed E-state index contributed by atoms with van der Waals surface area (Å²) in [7, 11) is -1.43. The van der Waals surface area contributed by atoms with Crippen molar-refractivity contribution < 1.29 is 22.3 Å². The molecule has 0 unspecified atom stereocenters. The SMILES string of the molecule is COc1cc(F)c(S(=O)(=O)Nc2ccc3[nH]ccc3c2)cc1OC. The molecule has 0 aliphatic carbocycles. The van der Waals surface area contributed by atoms with E-state index in [9.17, 15) is 12.8 Å². The number of halogens is 1. The van der Waals surface area contributed by atoms with Gasteiger partial charge in [-0.25, -0.2) is 12.8 Å². The van der Waals surface area contributed by atoms with Crippen LogP contribution in [0.3, 0.4) is 0 Å². The Morgan fingerprint density at radius 1 is 1.04 bits per heavy atom. The minimum atomic E-state index is -4.12. The molecule has 6 nitrogen and oxygen atoms in total. The summed E-state index contributed by atoms with van der Waals surface area (Å²) in [6.07, 6.45) is 1.75. The highest BCUT2D eigenvalue weighted by molar-refractivity contribution is 7.92. The van der Waals surface area contributed by atoms with E-state index in [0.717, 1.165) is 23.0 Å². The molecular weight excluding hydrogens is 335 g/mol.